The highest BCUT2D eigenvalue weighted by atomic mass is 16.5. The van der Waals surface area contributed by atoms with E-state index < -0.39 is 0 Å². The first-order valence-electron chi connectivity index (χ1n) is 2.89. The average molecular weight is 126 g/mol. The predicted octanol–water partition coefficient (Wildman–Crippen LogP) is 0.702. The Labute approximate surface area is 54.0 Å². The third kappa shape index (κ3) is 1.29. The van der Waals surface area contributed by atoms with Crippen molar-refractivity contribution in [2.75, 3.05) is 7.05 Å². The lowest BCUT2D eigenvalue weighted by Crippen LogP contribution is -2.04. The van der Waals surface area contributed by atoms with E-state index in [9.17, 15) is 0 Å². The molecule has 1 aromatic rings. The summed E-state index contributed by atoms with van der Waals surface area (Å²) in [6.45, 7) is 2.76. The summed E-state index contributed by atoms with van der Waals surface area (Å²) < 4.78 is 4.71. The minimum absolute atomic E-state index is 0.829. The fourth-order valence-corrected chi connectivity index (χ4v) is 0.673. The van der Waals surface area contributed by atoms with Gasteiger partial charge in [0.05, 0.1) is 5.69 Å². The molecule has 0 amide bonds. The number of hydrogen-bond donors (Lipinski definition) is 1. The van der Waals surface area contributed by atoms with E-state index in [-0.39, 0.29) is 0 Å². The van der Waals surface area contributed by atoms with Crippen LogP contribution in [0.25, 0.3) is 0 Å². The van der Waals surface area contributed by atoms with Crippen LogP contribution in [0.5, 0.6) is 0 Å². The normalized spacial score (nSPS) is 10.0. The molecule has 0 saturated carbocycles. The number of aryl methyl sites for hydroxylation is 1. The maximum Gasteiger partial charge on any atom is 0.128 e. The lowest BCUT2D eigenvalue weighted by molar-refractivity contribution is 0.414. The number of nitrogens with one attached hydrogen (secondary N) is 1. The van der Waals surface area contributed by atoms with Crippen LogP contribution in [0.2, 0.25) is 0 Å². The first-order valence-corrected chi connectivity index (χ1v) is 2.89. The Balaban J connectivity index is 2.69. The Bertz CT molecular complexity index is 183. The summed E-state index contributed by atoms with van der Waals surface area (Å²) in [4.78, 5) is 0. The standard InChI is InChI=1S/C6H10N2O/c1-5-6(3-7-2)4-9-8-5/h4,7H,3H2,1-2H3. The molecule has 0 aliphatic carbocycles. The molecule has 0 spiro atoms. The molecule has 0 bridgehead atoms. The van der Waals surface area contributed by atoms with Gasteiger partial charge in [0, 0.05) is 12.1 Å². The molecule has 9 heavy (non-hydrogen) atoms. The fraction of sp³-hybridized carbons (Fsp3) is 0.500. The van der Waals surface area contributed by atoms with Crippen LogP contribution < -0.4 is 5.32 Å². The van der Waals surface area contributed by atoms with E-state index in [1.165, 1.54) is 0 Å². The third-order valence-corrected chi connectivity index (χ3v) is 1.22. The van der Waals surface area contributed by atoms with Gasteiger partial charge in [0.1, 0.15) is 6.26 Å². The third-order valence-electron chi connectivity index (χ3n) is 1.22. The Kier molecular flexibility index (Phi) is 1.85. The molecule has 0 saturated heterocycles. The summed E-state index contributed by atoms with van der Waals surface area (Å²) in [6, 6.07) is 0. The minimum Gasteiger partial charge on any atom is -0.364 e. The highest BCUT2D eigenvalue weighted by molar-refractivity contribution is 5.11. The van der Waals surface area contributed by atoms with Crippen molar-refractivity contribution in [2.45, 2.75) is 13.5 Å². The van der Waals surface area contributed by atoms with Crippen LogP contribution in [-0.4, -0.2) is 12.2 Å². The van der Waals surface area contributed by atoms with Crippen molar-refractivity contribution >= 4 is 0 Å². The second-order valence-corrected chi connectivity index (χ2v) is 1.96. The smallest absolute Gasteiger partial charge is 0.128 e. The summed E-state index contributed by atoms with van der Waals surface area (Å²) in [5.74, 6) is 0. The van der Waals surface area contributed by atoms with Crippen molar-refractivity contribution in [2.24, 2.45) is 0 Å². The molecule has 0 aliphatic rings. The monoisotopic (exact) mass is 126 g/mol. The van der Waals surface area contributed by atoms with Crippen LogP contribution in [0.4, 0.5) is 0 Å². The molecule has 0 aliphatic heterocycles. The highest BCUT2D eigenvalue weighted by Crippen LogP contribution is 2.02. The molecule has 1 aromatic heterocycles. The van der Waals surface area contributed by atoms with Gasteiger partial charge in [0.15, 0.2) is 0 Å². The predicted molar refractivity (Wildman–Crippen MR) is 34.0 cm³/mol. The van der Waals surface area contributed by atoms with Crippen LogP contribution in [0.3, 0.4) is 0 Å². The number of aromatic nitrogens is 1. The van der Waals surface area contributed by atoms with Crippen molar-refractivity contribution in [3.63, 3.8) is 0 Å². The molecule has 3 heteroatoms. The number of rotatable bonds is 2. The van der Waals surface area contributed by atoms with Crippen molar-refractivity contribution in [1.29, 1.82) is 0 Å². The van der Waals surface area contributed by atoms with Gasteiger partial charge in [0.2, 0.25) is 0 Å². The van der Waals surface area contributed by atoms with E-state index in [1.54, 1.807) is 6.26 Å². The van der Waals surface area contributed by atoms with Gasteiger partial charge >= 0.3 is 0 Å². The topological polar surface area (TPSA) is 38.1 Å². The molecular formula is C6H10N2O. The first kappa shape index (κ1) is 6.29. The summed E-state index contributed by atoms with van der Waals surface area (Å²) in [6.07, 6.45) is 1.66. The Morgan fingerprint density at radius 1 is 1.78 bits per heavy atom. The maximum atomic E-state index is 4.71. The number of nitrogens with zero attached hydrogens (tertiary/aromatic N) is 1. The molecule has 0 fully saturated rings. The van der Waals surface area contributed by atoms with E-state index in [4.69, 9.17) is 4.52 Å². The molecule has 0 radical (unpaired) electrons. The first-order chi connectivity index (χ1) is 4.34. The molecule has 0 aromatic carbocycles. The Hall–Kier alpha value is -0.830. The average Bonchev–Trinajstić information content (AvgIpc) is 2.18. The second-order valence-electron chi connectivity index (χ2n) is 1.96. The molecule has 3 nitrogen and oxygen atoms in total. The highest BCUT2D eigenvalue weighted by Gasteiger charge is 1.98. The van der Waals surface area contributed by atoms with Gasteiger partial charge in [-0.15, -0.1) is 0 Å². The van der Waals surface area contributed by atoms with Crippen molar-refractivity contribution in [3.05, 3.63) is 17.5 Å². The Morgan fingerprint density at radius 3 is 3.00 bits per heavy atom. The van der Waals surface area contributed by atoms with Gasteiger partial charge in [-0.05, 0) is 14.0 Å². The van der Waals surface area contributed by atoms with E-state index in [1.807, 2.05) is 14.0 Å². The molecule has 0 atom stereocenters. The van der Waals surface area contributed by atoms with Crippen LogP contribution >= 0.6 is 0 Å². The lowest BCUT2D eigenvalue weighted by Gasteiger charge is -1.91. The fourth-order valence-electron chi connectivity index (χ4n) is 0.673. The van der Waals surface area contributed by atoms with E-state index in [0.29, 0.717) is 0 Å². The molecule has 50 valence electrons. The molecular weight excluding hydrogens is 116 g/mol. The van der Waals surface area contributed by atoms with Gasteiger partial charge in [-0.3, -0.25) is 0 Å². The summed E-state index contributed by atoms with van der Waals surface area (Å²) in [5.41, 5.74) is 2.09. The van der Waals surface area contributed by atoms with Gasteiger partial charge < -0.3 is 9.84 Å². The van der Waals surface area contributed by atoms with E-state index >= 15 is 0 Å². The molecule has 1 rings (SSSR count). The van der Waals surface area contributed by atoms with Gasteiger partial charge in [-0.25, -0.2) is 0 Å². The Morgan fingerprint density at radius 2 is 2.56 bits per heavy atom. The van der Waals surface area contributed by atoms with Crippen LogP contribution in [0.1, 0.15) is 11.3 Å². The van der Waals surface area contributed by atoms with Crippen molar-refractivity contribution < 1.29 is 4.52 Å². The maximum absolute atomic E-state index is 4.71. The van der Waals surface area contributed by atoms with Gasteiger partial charge in [0.25, 0.3) is 0 Å². The van der Waals surface area contributed by atoms with E-state index in [0.717, 1.165) is 17.8 Å². The van der Waals surface area contributed by atoms with Crippen molar-refractivity contribution in [1.82, 2.24) is 10.5 Å². The zero-order valence-electron chi connectivity index (χ0n) is 5.64. The molecule has 1 N–H and O–H groups in total. The van der Waals surface area contributed by atoms with E-state index in [2.05, 4.69) is 10.5 Å². The van der Waals surface area contributed by atoms with Crippen LogP contribution in [0.15, 0.2) is 10.8 Å². The van der Waals surface area contributed by atoms with Crippen LogP contribution in [0, 0.1) is 6.92 Å². The van der Waals surface area contributed by atoms with Crippen LogP contribution in [-0.2, 0) is 6.54 Å². The SMILES string of the molecule is CNCc1conc1C. The van der Waals surface area contributed by atoms with Gasteiger partial charge in [-0.2, -0.15) is 0 Å². The van der Waals surface area contributed by atoms with Crippen molar-refractivity contribution in [3.8, 4) is 0 Å². The number of hydrogen-bond acceptors (Lipinski definition) is 3. The zero-order chi connectivity index (χ0) is 6.69. The van der Waals surface area contributed by atoms with Gasteiger partial charge in [-0.1, -0.05) is 5.16 Å². The summed E-state index contributed by atoms with van der Waals surface area (Å²) >= 11 is 0. The molecule has 1 heterocycles. The quantitative estimate of drug-likeness (QED) is 0.634. The summed E-state index contributed by atoms with van der Waals surface area (Å²) in [7, 11) is 1.90. The largest absolute Gasteiger partial charge is 0.364 e. The lowest BCUT2D eigenvalue weighted by atomic mass is 10.3. The molecule has 0 unspecified atom stereocenters. The summed E-state index contributed by atoms with van der Waals surface area (Å²) in [5, 5.41) is 6.73. The zero-order valence-corrected chi connectivity index (χ0v) is 5.64. The minimum atomic E-state index is 0.829. The second kappa shape index (κ2) is 2.64.